The van der Waals surface area contributed by atoms with E-state index in [2.05, 4.69) is 10.3 Å². The van der Waals surface area contributed by atoms with Crippen LogP contribution in [0.2, 0.25) is 5.02 Å². The van der Waals surface area contributed by atoms with Gasteiger partial charge in [0, 0.05) is 23.3 Å². The maximum Gasteiger partial charge on any atom is 0.121 e. The second kappa shape index (κ2) is 5.50. The molecule has 5 heteroatoms. The standard InChI is InChI=1S/C16H14ClN3O/c1-21-10-4-5-12(17)15(9-10)20-14-7-6-13(18)11-3-2-8-19-16(11)14/h2-9,20H,18H2,1H3. The quantitative estimate of drug-likeness (QED) is 0.711. The SMILES string of the molecule is COc1ccc(Cl)c(Nc2ccc(N)c3cccnc23)c1. The maximum absolute atomic E-state index is 6.22. The average molecular weight is 300 g/mol. The maximum atomic E-state index is 6.22. The number of anilines is 3. The summed E-state index contributed by atoms with van der Waals surface area (Å²) in [6, 6.07) is 13.0. The molecule has 106 valence electrons. The number of ether oxygens (including phenoxy) is 1. The Hall–Kier alpha value is -2.46. The number of hydrogen-bond acceptors (Lipinski definition) is 4. The summed E-state index contributed by atoms with van der Waals surface area (Å²) in [4.78, 5) is 4.39. The van der Waals surface area contributed by atoms with Gasteiger partial charge in [0.05, 0.1) is 29.0 Å². The third-order valence-corrected chi connectivity index (χ3v) is 3.58. The molecule has 0 bridgehead atoms. The van der Waals surface area contributed by atoms with Crippen molar-refractivity contribution in [1.29, 1.82) is 0 Å². The first-order valence-corrected chi connectivity index (χ1v) is 6.80. The lowest BCUT2D eigenvalue weighted by atomic mass is 10.1. The van der Waals surface area contributed by atoms with E-state index in [0.717, 1.165) is 28.0 Å². The van der Waals surface area contributed by atoms with E-state index in [9.17, 15) is 0 Å². The van der Waals surface area contributed by atoms with Crippen LogP contribution in [-0.4, -0.2) is 12.1 Å². The number of fused-ring (bicyclic) bond motifs is 1. The molecule has 0 unspecified atom stereocenters. The van der Waals surface area contributed by atoms with E-state index in [1.165, 1.54) is 0 Å². The Balaban J connectivity index is 2.08. The van der Waals surface area contributed by atoms with Gasteiger partial charge in [0.2, 0.25) is 0 Å². The van der Waals surface area contributed by atoms with Gasteiger partial charge in [-0.25, -0.2) is 0 Å². The van der Waals surface area contributed by atoms with E-state index in [1.54, 1.807) is 19.4 Å². The number of rotatable bonds is 3. The van der Waals surface area contributed by atoms with Gasteiger partial charge < -0.3 is 15.8 Å². The number of methoxy groups -OCH3 is 1. The van der Waals surface area contributed by atoms with E-state index in [-0.39, 0.29) is 0 Å². The van der Waals surface area contributed by atoms with Crippen LogP contribution in [0.1, 0.15) is 0 Å². The van der Waals surface area contributed by atoms with E-state index < -0.39 is 0 Å². The first-order valence-electron chi connectivity index (χ1n) is 6.43. The van der Waals surface area contributed by atoms with Crippen LogP contribution >= 0.6 is 11.6 Å². The molecule has 21 heavy (non-hydrogen) atoms. The molecule has 1 heterocycles. The fourth-order valence-electron chi connectivity index (χ4n) is 2.17. The predicted molar refractivity (Wildman–Crippen MR) is 87.4 cm³/mol. The van der Waals surface area contributed by atoms with Crippen molar-refractivity contribution in [2.45, 2.75) is 0 Å². The van der Waals surface area contributed by atoms with Crippen molar-refractivity contribution in [2.75, 3.05) is 18.2 Å². The van der Waals surface area contributed by atoms with Crippen LogP contribution in [-0.2, 0) is 0 Å². The molecule has 0 saturated heterocycles. The van der Waals surface area contributed by atoms with Crippen LogP contribution in [0.25, 0.3) is 10.9 Å². The molecule has 0 radical (unpaired) electrons. The van der Waals surface area contributed by atoms with Gasteiger partial charge in [0.25, 0.3) is 0 Å². The number of nitrogens with two attached hydrogens (primary N) is 1. The first kappa shape index (κ1) is 13.5. The van der Waals surface area contributed by atoms with Crippen LogP contribution in [0.15, 0.2) is 48.7 Å². The molecule has 2 aromatic carbocycles. The average Bonchev–Trinajstić information content (AvgIpc) is 2.52. The van der Waals surface area contributed by atoms with Crippen molar-refractivity contribution in [3.63, 3.8) is 0 Å². The number of aromatic nitrogens is 1. The Kier molecular flexibility index (Phi) is 3.54. The van der Waals surface area contributed by atoms with Crippen LogP contribution in [0.3, 0.4) is 0 Å². The topological polar surface area (TPSA) is 60.2 Å². The summed E-state index contributed by atoms with van der Waals surface area (Å²) in [5, 5.41) is 4.80. The van der Waals surface area contributed by atoms with Gasteiger partial charge >= 0.3 is 0 Å². The summed E-state index contributed by atoms with van der Waals surface area (Å²) in [5.74, 6) is 0.731. The van der Waals surface area contributed by atoms with E-state index >= 15 is 0 Å². The minimum atomic E-state index is 0.608. The van der Waals surface area contributed by atoms with Crippen molar-refractivity contribution >= 4 is 39.6 Å². The predicted octanol–water partition coefficient (Wildman–Crippen LogP) is 4.22. The molecule has 0 aliphatic rings. The summed E-state index contributed by atoms with van der Waals surface area (Å²) in [6.07, 6.45) is 1.74. The number of nitrogen functional groups attached to an aromatic ring is 1. The zero-order valence-electron chi connectivity index (χ0n) is 11.4. The lowest BCUT2D eigenvalue weighted by Gasteiger charge is -2.12. The van der Waals surface area contributed by atoms with Crippen LogP contribution in [0.5, 0.6) is 5.75 Å². The molecule has 0 atom stereocenters. The van der Waals surface area contributed by atoms with Gasteiger partial charge in [-0.05, 0) is 36.4 Å². The second-order valence-electron chi connectivity index (χ2n) is 4.57. The van der Waals surface area contributed by atoms with E-state index in [4.69, 9.17) is 22.1 Å². The van der Waals surface area contributed by atoms with Gasteiger partial charge in [-0.1, -0.05) is 11.6 Å². The monoisotopic (exact) mass is 299 g/mol. The highest BCUT2D eigenvalue weighted by Crippen LogP contribution is 2.33. The lowest BCUT2D eigenvalue weighted by Crippen LogP contribution is -1.96. The smallest absolute Gasteiger partial charge is 0.121 e. The number of hydrogen-bond donors (Lipinski definition) is 2. The van der Waals surface area contributed by atoms with Crippen LogP contribution in [0, 0.1) is 0 Å². The van der Waals surface area contributed by atoms with Crippen molar-refractivity contribution in [2.24, 2.45) is 0 Å². The van der Waals surface area contributed by atoms with E-state index in [0.29, 0.717) is 10.7 Å². The van der Waals surface area contributed by atoms with Gasteiger partial charge in [0.15, 0.2) is 0 Å². The molecule has 0 spiro atoms. The lowest BCUT2D eigenvalue weighted by molar-refractivity contribution is 0.415. The van der Waals surface area contributed by atoms with Crippen molar-refractivity contribution in [1.82, 2.24) is 4.98 Å². The molecular formula is C16H14ClN3O. The van der Waals surface area contributed by atoms with Gasteiger partial charge in [-0.2, -0.15) is 0 Å². The highest BCUT2D eigenvalue weighted by Gasteiger charge is 2.08. The molecule has 3 aromatic rings. The molecule has 0 aliphatic heterocycles. The minimum Gasteiger partial charge on any atom is -0.497 e. The third kappa shape index (κ3) is 2.58. The van der Waals surface area contributed by atoms with Crippen molar-refractivity contribution in [3.8, 4) is 5.75 Å². The third-order valence-electron chi connectivity index (χ3n) is 3.25. The Morgan fingerprint density at radius 2 is 2.00 bits per heavy atom. The van der Waals surface area contributed by atoms with E-state index in [1.807, 2.05) is 36.4 Å². The Morgan fingerprint density at radius 1 is 1.14 bits per heavy atom. The second-order valence-corrected chi connectivity index (χ2v) is 4.98. The molecule has 0 amide bonds. The largest absolute Gasteiger partial charge is 0.497 e. The molecule has 4 nitrogen and oxygen atoms in total. The summed E-state index contributed by atoms with van der Waals surface area (Å²) in [5.41, 5.74) is 9.08. The minimum absolute atomic E-state index is 0.608. The molecule has 0 saturated carbocycles. The zero-order valence-corrected chi connectivity index (χ0v) is 12.2. The number of pyridine rings is 1. The molecule has 3 rings (SSSR count). The van der Waals surface area contributed by atoms with Crippen molar-refractivity contribution < 1.29 is 4.74 Å². The number of nitrogens with zero attached hydrogens (tertiary/aromatic N) is 1. The Morgan fingerprint density at radius 3 is 2.81 bits per heavy atom. The van der Waals surface area contributed by atoms with Crippen LogP contribution < -0.4 is 15.8 Å². The summed E-state index contributed by atoms with van der Waals surface area (Å²) in [6.45, 7) is 0. The molecule has 0 aliphatic carbocycles. The Labute approximate surface area is 127 Å². The Bertz CT molecular complexity index is 805. The number of benzene rings is 2. The van der Waals surface area contributed by atoms with Gasteiger partial charge in [0.1, 0.15) is 5.75 Å². The van der Waals surface area contributed by atoms with Crippen LogP contribution in [0.4, 0.5) is 17.1 Å². The fraction of sp³-hybridized carbons (Fsp3) is 0.0625. The molecule has 1 aromatic heterocycles. The molecular weight excluding hydrogens is 286 g/mol. The first-order chi connectivity index (χ1) is 10.2. The zero-order chi connectivity index (χ0) is 14.8. The normalized spacial score (nSPS) is 10.6. The summed E-state index contributed by atoms with van der Waals surface area (Å²) < 4.78 is 5.22. The molecule has 3 N–H and O–H groups in total. The van der Waals surface area contributed by atoms with Gasteiger partial charge in [-0.15, -0.1) is 0 Å². The number of halogens is 1. The van der Waals surface area contributed by atoms with Crippen molar-refractivity contribution in [3.05, 3.63) is 53.7 Å². The highest BCUT2D eigenvalue weighted by atomic mass is 35.5. The summed E-state index contributed by atoms with van der Waals surface area (Å²) in [7, 11) is 1.62. The number of nitrogens with one attached hydrogen (secondary N) is 1. The fourth-order valence-corrected chi connectivity index (χ4v) is 2.33. The summed E-state index contributed by atoms with van der Waals surface area (Å²) >= 11 is 6.22. The highest BCUT2D eigenvalue weighted by molar-refractivity contribution is 6.33. The van der Waals surface area contributed by atoms with Gasteiger partial charge in [-0.3, -0.25) is 4.98 Å². The molecule has 0 fully saturated rings.